The lowest BCUT2D eigenvalue weighted by atomic mass is 10.0. The summed E-state index contributed by atoms with van der Waals surface area (Å²) >= 11 is 6.12. The molecule has 1 amide bonds. The molecule has 1 aromatic heterocycles. The Morgan fingerprint density at radius 1 is 1.24 bits per heavy atom. The SMILES string of the molecule is COc1ccc(Cl)cc1Cn1nc(C(=O)Nc2ccc3c(c2)CCNC3)cc1C. The normalized spacial score (nSPS) is 13.1. The van der Waals surface area contributed by atoms with E-state index in [0.717, 1.165) is 42.2 Å². The van der Waals surface area contributed by atoms with Crippen molar-refractivity contribution < 1.29 is 9.53 Å². The van der Waals surface area contributed by atoms with Crippen molar-refractivity contribution in [2.75, 3.05) is 19.0 Å². The molecule has 0 bridgehead atoms. The Morgan fingerprint density at radius 3 is 2.93 bits per heavy atom. The lowest BCUT2D eigenvalue weighted by Crippen LogP contribution is -2.23. The van der Waals surface area contributed by atoms with Crippen LogP contribution in [0.3, 0.4) is 0 Å². The third-order valence-corrected chi connectivity index (χ3v) is 5.36. The Bertz CT molecular complexity index is 1060. The molecule has 1 aliphatic rings. The minimum absolute atomic E-state index is 0.223. The number of halogens is 1. The Kier molecular flexibility index (Phi) is 5.56. The predicted octanol–water partition coefficient (Wildman–Crippen LogP) is 3.80. The van der Waals surface area contributed by atoms with E-state index in [9.17, 15) is 4.79 Å². The summed E-state index contributed by atoms with van der Waals surface area (Å²) in [6, 6.07) is 13.3. The number of ether oxygens (including phenoxy) is 1. The Labute approximate surface area is 174 Å². The first-order valence-electron chi connectivity index (χ1n) is 9.54. The quantitative estimate of drug-likeness (QED) is 0.671. The highest BCUT2D eigenvalue weighted by molar-refractivity contribution is 6.30. The summed E-state index contributed by atoms with van der Waals surface area (Å²) in [6.07, 6.45) is 0.967. The molecule has 7 heteroatoms. The van der Waals surface area contributed by atoms with E-state index >= 15 is 0 Å². The summed E-state index contributed by atoms with van der Waals surface area (Å²) < 4.78 is 7.19. The maximum atomic E-state index is 12.7. The number of hydrogen-bond donors (Lipinski definition) is 2. The van der Waals surface area contributed by atoms with Crippen LogP contribution in [0, 0.1) is 6.92 Å². The van der Waals surface area contributed by atoms with Gasteiger partial charge in [0.05, 0.1) is 13.7 Å². The molecule has 0 fully saturated rings. The lowest BCUT2D eigenvalue weighted by molar-refractivity contribution is 0.102. The lowest BCUT2D eigenvalue weighted by Gasteiger charge is -2.17. The number of rotatable bonds is 5. The van der Waals surface area contributed by atoms with Crippen LogP contribution in [0.25, 0.3) is 0 Å². The number of amides is 1. The summed E-state index contributed by atoms with van der Waals surface area (Å²) in [7, 11) is 1.62. The third-order valence-electron chi connectivity index (χ3n) is 5.13. The fourth-order valence-electron chi connectivity index (χ4n) is 3.56. The number of carbonyl (C=O) groups is 1. The fourth-order valence-corrected chi connectivity index (χ4v) is 3.76. The number of carbonyl (C=O) groups excluding carboxylic acids is 1. The number of fused-ring (bicyclic) bond motifs is 1. The monoisotopic (exact) mass is 410 g/mol. The number of aromatic nitrogens is 2. The number of hydrogen-bond acceptors (Lipinski definition) is 4. The van der Waals surface area contributed by atoms with Crippen LogP contribution in [0.15, 0.2) is 42.5 Å². The van der Waals surface area contributed by atoms with Crippen molar-refractivity contribution in [1.29, 1.82) is 0 Å². The van der Waals surface area contributed by atoms with Crippen LogP contribution < -0.4 is 15.4 Å². The number of methoxy groups -OCH3 is 1. The molecule has 0 spiro atoms. The van der Waals surface area contributed by atoms with E-state index in [-0.39, 0.29) is 5.91 Å². The van der Waals surface area contributed by atoms with Gasteiger partial charge >= 0.3 is 0 Å². The van der Waals surface area contributed by atoms with Crippen molar-refractivity contribution in [2.45, 2.75) is 26.4 Å². The van der Waals surface area contributed by atoms with Crippen LogP contribution in [0.2, 0.25) is 5.02 Å². The minimum Gasteiger partial charge on any atom is -0.496 e. The number of nitrogens with one attached hydrogen (secondary N) is 2. The number of benzene rings is 2. The maximum Gasteiger partial charge on any atom is 0.276 e. The van der Waals surface area contributed by atoms with Crippen molar-refractivity contribution in [3.05, 3.63) is 75.6 Å². The first kappa shape index (κ1) is 19.5. The third kappa shape index (κ3) is 4.28. The number of aryl methyl sites for hydroxylation is 1. The standard InChI is InChI=1S/C22H23ClN4O2/c1-14-9-20(26-27(14)13-17-10-18(23)4-6-21(17)29-2)22(28)25-19-5-3-16-12-24-8-7-15(16)11-19/h3-6,9-11,24H,7-8,12-13H2,1-2H3,(H,25,28). The van der Waals surface area contributed by atoms with E-state index in [0.29, 0.717) is 17.3 Å². The largest absolute Gasteiger partial charge is 0.496 e. The zero-order valence-electron chi connectivity index (χ0n) is 16.5. The van der Waals surface area contributed by atoms with E-state index in [1.54, 1.807) is 23.9 Å². The zero-order chi connectivity index (χ0) is 20.4. The highest BCUT2D eigenvalue weighted by Crippen LogP contribution is 2.24. The summed E-state index contributed by atoms with van der Waals surface area (Å²) in [4.78, 5) is 12.7. The summed E-state index contributed by atoms with van der Waals surface area (Å²) in [5, 5.41) is 11.4. The molecule has 2 aromatic carbocycles. The second-order valence-electron chi connectivity index (χ2n) is 7.15. The van der Waals surface area contributed by atoms with Gasteiger partial charge in [-0.2, -0.15) is 5.10 Å². The van der Waals surface area contributed by atoms with Gasteiger partial charge in [0.15, 0.2) is 5.69 Å². The fraction of sp³-hybridized carbons (Fsp3) is 0.273. The van der Waals surface area contributed by atoms with Crippen LogP contribution >= 0.6 is 11.6 Å². The molecule has 0 saturated carbocycles. The summed E-state index contributed by atoms with van der Waals surface area (Å²) in [5.74, 6) is 0.512. The van der Waals surface area contributed by atoms with Gasteiger partial charge in [-0.3, -0.25) is 9.48 Å². The molecule has 6 nitrogen and oxygen atoms in total. The number of nitrogens with zero attached hydrogens (tertiary/aromatic N) is 2. The van der Waals surface area contributed by atoms with E-state index in [1.807, 2.05) is 25.1 Å². The van der Waals surface area contributed by atoms with Crippen LogP contribution in [0.4, 0.5) is 5.69 Å². The van der Waals surface area contributed by atoms with E-state index in [2.05, 4.69) is 27.9 Å². The zero-order valence-corrected chi connectivity index (χ0v) is 17.2. The maximum absolute atomic E-state index is 12.7. The van der Waals surface area contributed by atoms with Crippen molar-refractivity contribution in [3.8, 4) is 5.75 Å². The predicted molar refractivity (Wildman–Crippen MR) is 114 cm³/mol. The minimum atomic E-state index is -0.223. The average Bonchev–Trinajstić information content (AvgIpc) is 3.09. The molecular weight excluding hydrogens is 388 g/mol. The molecular formula is C22H23ClN4O2. The van der Waals surface area contributed by atoms with Crippen molar-refractivity contribution in [3.63, 3.8) is 0 Å². The van der Waals surface area contributed by atoms with E-state index < -0.39 is 0 Å². The first-order chi connectivity index (χ1) is 14.0. The smallest absolute Gasteiger partial charge is 0.276 e. The molecule has 0 saturated heterocycles. The van der Waals surface area contributed by atoms with Gasteiger partial charge in [-0.1, -0.05) is 17.7 Å². The van der Waals surface area contributed by atoms with Crippen molar-refractivity contribution >= 4 is 23.2 Å². The van der Waals surface area contributed by atoms with Gasteiger partial charge in [-0.25, -0.2) is 0 Å². The van der Waals surface area contributed by atoms with E-state index in [1.165, 1.54) is 11.1 Å². The van der Waals surface area contributed by atoms with Gasteiger partial charge in [-0.15, -0.1) is 0 Å². The van der Waals surface area contributed by atoms with Crippen molar-refractivity contribution in [2.24, 2.45) is 0 Å². The Morgan fingerprint density at radius 2 is 2.10 bits per heavy atom. The van der Waals surface area contributed by atoms with Crippen LogP contribution in [0.1, 0.15) is 32.9 Å². The van der Waals surface area contributed by atoms with Crippen LogP contribution in [-0.2, 0) is 19.5 Å². The van der Waals surface area contributed by atoms with E-state index in [4.69, 9.17) is 16.3 Å². The number of anilines is 1. The second-order valence-corrected chi connectivity index (χ2v) is 7.59. The second kappa shape index (κ2) is 8.27. The van der Waals surface area contributed by atoms with Gasteiger partial charge in [0, 0.05) is 28.5 Å². The van der Waals surface area contributed by atoms with Gasteiger partial charge in [-0.05, 0) is 67.4 Å². The van der Waals surface area contributed by atoms with Gasteiger partial charge < -0.3 is 15.4 Å². The Hall–Kier alpha value is -2.83. The highest BCUT2D eigenvalue weighted by atomic mass is 35.5. The molecule has 2 N–H and O–H groups in total. The topological polar surface area (TPSA) is 68.2 Å². The molecule has 4 rings (SSSR count). The first-order valence-corrected chi connectivity index (χ1v) is 9.92. The molecule has 0 unspecified atom stereocenters. The van der Waals surface area contributed by atoms with Crippen molar-refractivity contribution in [1.82, 2.24) is 15.1 Å². The molecule has 0 aliphatic carbocycles. The van der Waals surface area contributed by atoms with Crippen LogP contribution in [0.5, 0.6) is 5.75 Å². The average molecular weight is 411 g/mol. The molecule has 3 aromatic rings. The molecule has 0 atom stereocenters. The molecule has 1 aliphatic heterocycles. The summed E-state index contributed by atoms with van der Waals surface area (Å²) in [5.41, 5.74) is 5.51. The van der Waals surface area contributed by atoms with Gasteiger partial charge in [0.2, 0.25) is 0 Å². The molecule has 0 radical (unpaired) electrons. The van der Waals surface area contributed by atoms with Crippen LogP contribution in [-0.4, -0.2) is 29.3 Å². The highest BCUT2D eigenvalue weighted by Gasteiger charge is 2.16. The molecule has 2 heterocycles. The molecule has 29 heavy (non-hydrogen) atoms. The Balaban J connectivity index is 1.52. The van der Waals surface area contributed by atoms with Gasteiger partial charge in [0.1, 0.15) is 5.75 Å². The van der Waals surface area contributed by atoms with Gasteiger partial charge in [0.25, 0.3) is 5.91 Å². The molecule has 150 valence electrons. The summed E-state index contributed by atoms with van der Waals surface area (Å²) in [6.45, 7) is 4.22.